The van der Waals surface area contributed by atoms with Gasteiger partial charge in [0.1, 0.15) is 5.82 Å². The molecule has 2 N–H and O–H groups in total. The van der Waals surface area contributed by atoms with Crippen molar-refractivity contribution < 1.29 is 0 Å². The summed E-state index contributed by atoms with van der Waals surface area (Å²) in [7, 11) is 1.82. The van der Waals surface area contributed by atoms with Crippen LogP contribution in [0, 0.1) is 0 Å². The Hall–Kier alpha value is -0.510. The maximum Gasteiger partial charge on any atom is 0.191 e. The molecular weight excluding hydrogens is 423 g/mol. The van der Waals surface area contributed by atoms with Gasteiger partial charge in [0.15, 0.2) is 11.8 Å². The molecular formula is C15H29IN6S. The Kier molecular flexibility index (Phi) is 8.12. The Bertz CT molecular complexity index is 528. The van der Waals surface area contributed by atoms with E-state index in [1.807, 2.05) is 23.5 Å². The summed E-state index contributed by atoms with van der Waals surface area (Å²) in [6, 6.07) is 0.350. The van der Waals surface area contributed by atoms with Crippen LogP contribution in [0.5, 0.6) is 0 Å². The summed E-state index contributed by atoms with van der Waals surface area (Å²) in [5.41, 5.74) is 0. The third-order valence-corrected chi connectivity index (χ3v) is 5.27. The second-order valence-electron chi connectivity index (χ2n) is 6.25. The topological polar surface area (TPSA) is 67.1 Å². The molecule has 0 saturated carbocycles. The van der Waals surface area contributed by atoms with Crippen molar-refractivity contribution in [1.29, 1.82) is 0 Å². The van der Waals surface area contributed by atoms with Crippen LogP contribution in [0.25, 0.3) is 0 Å². The first-order valence-corrected chi connectivity index (χ1v) is 9.15. The number of aromatic nitrogens is 3. The fraction of sp³-hybridized carbons (Fsp3) is 0.800. The molecule has 1 atom stereocenters. The zero-order valence-corrected chi connectivity index (χ0v) is 17.9. The zero-order chi connectivity index (χ0) is 16.2. The highest BCUT2D eigenvalue weighted by molar-refractivity contribution is 14.0. The van der Waals surface area contributed by atoms with Crippen molar-refractivity contribution in [2.24, 2.45) is 4.99 Å². The van der Waals surface area contributed by atoms with Gasteiger partial charge in [0.25, 0.3) is 0 Å². The maximum atomic E-state index is 4.56. The lowest BCUT2D eigenvalue weighted by atomic mass is 10.1. The van der Waals surface area contributed by atoms with E-state index in [9.17, 15) is 0 Å². The number of rotatable bonds is 5. The van der Waals surface area contributed by atoms with Crippen LogP contribution in [-0.4, -0.2) is 51.4 Å². The van der Waals surface area contributed by atoms with E-state index in [0.717, 1.165) is 50.0 Å². The van der Waals surface area contributed by atoms with Gasteiger partial charge >= 0.3 is 0 Å². The number of aliphatic imine (C=N–C) groups is 1. The Morgan fingerprint density at radius 3 is 2.83 bits per heavy atom. The highest BCUT2D eigenvalue weighted by Crippen LogP contribution is 2.19. The van der Waals surface area contributed by atoms with Crippen molar-refractivity contribution in [1.82, 2.24) is 25.4 Å². The minimum atomic E-state index is 0. The molecule has 0 amide bonds. The first kappa shape index (κ1) is 20.5. The third kappa shape index (κ3) is 5.81. The Morgan fingerprint density at radius 2 is 2.22 bits per heavy atom. The van der Waals surface area contributed by atoms with Crippen molar-refractivity contribution in [2.75, 3.05) is 19.8 Å². The molecule has 8 heteroatoms. The normalized spacial score (nSPS) is 18.1. The third-order valence-electron chi connectivity index (χ3n) is 4.02. The Balaban J connectivity index is 0.00000264. The van der Waals surface area contributed by atoms with Gasteiger partial charge in [0.05, 0.1) is 6.54 Å². The number of nitrogens with zero attached hydrogens (tertiary/aromatic N) is 4. The quantitative estimate of drug-likeness (QED) is 0.407. The van der Waals surface area contributed by atoms with Gasteiger partial charge in [-0.1, -0.05) is 6.92 Å². The molecule has 1 aliphatic heterocycles. The average Bonchev–Trinajstić information content (AvgIpc) is 2.93. The SMILES string of the molecule is CCc1nc2n(n1)CC(NC(=NC)NCC(C)(C)SC)CC2.I. The largest absolute Gasteiger partial charge is 0.355 e. The van der Waals surface area contributed by atoms with E-state index in [0.29, 0.717) is 6.04 Å². The minimum Gasteiger partial charge on any atom is -0.355 e. The number of nitrogens with one attached hydrogen (secondary N) is 2. The Morgan fingerprint density at radius 1 is 1.48 bits per heavy atom. The fourth-order valence-corrected chi connectivity index (χ4v) is 2.60. The molecule has 132 valence electrons. The van der Waals surface area contributed by atoms with Crippen LogP contribution < -0.4 is 10.6 Å². The van der Waals surface area contributed by atoms with Gasteiger partial charge in [-0.25, -0.2) is 9.67 Å². The van der Waals surface area contributed by atoms with E-state index in [2.05, 4.69) is 52.7 Å². The van der Waals surface area contributed by atoms with Gasteiger partial charge in [-0.05, 0) is 26.5 Å². The molecule has 2 rings (SSSR count). The monoisotopic (exact) mass is 452 g/mol. The standard InChI is InChI=1S/C15H28N6S.HI/c1-6-12-19-13-8-7-11(9-21(13)20-12)18-14(16-4)17-10-15(2,3)22-5;/h11H,6-10H2,1-5H3,(H2,16,17,18);1H. The van der Waals surface area contributed by atoms with Crippen LogP contribution in [0.3, 0.4) is 0 Å². The molecule has 2 heterocycles. The van der Waals surface area contributed by atoms with E-state index in [4.69, 9.17) is 0 Å². The summed E-state index contributed by atoms with van der Waals surface area (Å²) in [6.07, 6.45) is 5.06. The van der Waals surface area contributed by atoms with Gasteiger partial charge in [-0.15, -0.1) is 24.0 Å². The molecule has 1 aromatic rings. The molecule has 0 saturated heterocycles. The van der Waals surface area contributed by atoms with E-state index >= 15 is 0 Å². The molecule has 1 aromatic heterocycles. The number of hydrogen-bond acceptors (Lipinski definition) is 4. The minimum absolute atomic E-state index is 0. The number of hydrogen-bond donors (Lipinski definition) is 2. The summed E-state index contributed by atoms with van der Waals surface area (Å²) in [4.78, 5) is 8.89. The number of guanidine groups is 1. The van der Waals surface area contributed by atoms with Crippen LogP contribution in [0.1, 0.15) is 38.8 Å². The van der Waals surface area contributed by atoms with E-state index in [1.54, 1.807) is 0 Å². The van der Waals surface area contributed by atoms with Crippen molar-refractivity contribution >= 4 is 41.7 Å². The fourth-order valence-electron chi connectivity index (χ4n) is 2.38. The molecule has 6 nitrogen and oxygen atoms in total. The lowest BCUT2D eigenvalue weighted by Crippen LogP contribution is -2.49. The lowest BCUT2D eigenvalue weighted by Gasteiger charge is -2.28. The second-order valence-corrected chi connectivity index (χ2v) is 7.76. The highest BCUT2D eigenvalue weighted by Gasteiger charge is 2.23. The first-order chi connectivity index (χ1) is 10.5. The van der Waals surface area contributed by atoms with E-state index < -0.39 is 0 Å². The molecule has 0 bridgehead atoms. The molecule has 1 unspecified atom stereocenters. The molecule has 0 aliphatic carbocycles. The molecule has 0 spiro atoms. The van der Waals surface area contributed by atoms with Gasteiger partial charge in [0, 0.05) is 37.2 Å². The van der Waals surface area contributed by atoms with Crippen molar-refractivity contribution in [2.45, 2.75) is 57.4 Å². The lowest BCUT2D eigenvalue weighted by molar-refractivity contribution is 0.391. The highest BCUT2D eigenvalue weighted by atomic mass is 127. The predicted molar refractivity (Wildman–Crippen MR) is 109 cm³/mol. The molecule has 0 aromatic carbocycles. The zero-order valence-electron chi connectivity index (χ0n) is 14.7. The van der Waals surface area contributed by atoms with Crippen molar-refractivity contribution in [3.05, 3.63) is 11.6 Å². The maximum absolute atomic E-state index is 4.56. The van der Waals surface area contributed by atoms with Crippen molar-refractivity contribution in [3.63, 3.8) is 0 Å². The summed E-state index contributed by atoms with van der Waals surface area (Å²) < 4.78 is 2.23. The van der Waals surface area contributed by atoms with E-state index in [1.165, 1.54) is 0 Å². The van der Waals surface area contributed by atoms with Crippen molar-refractivity contribution in [3.8, 4) is 0 Å². The Labute approximate surface area is 160 Å². The number of fused-ring (bicyclic) bond motifs is 1. The number of aryl methyl sites for hydroxylation is 2. The first-order valence-electron chi connectivity index (χ1n) is 7.92. The van der Waals surface area contributed by atoms with Gasteiger partial charge in [-0.2, -0.15) is 16.9 Å². The predicted octanol–water partition coefficient (Wildman–Crippen LogP) is 2.08. The second kappa shape index (κ2) is 9.10. The molecule has 1 aliphatic rings. The van der Waals surface area contributed by atoms with Gasteiger partial charge in [0.2, 0.25) is 0 Å². The summed E-state index contributed by atoms with van der Waals surface area (Å²) in [6.45, 7) is 8.29. The smallest absolute Gasteiger partial charge is 0.191 e. The van der Waals surface area contributed by atoms with Crippen LogP contribution >= 0.6 is 35.7 Å². The molecule has 23 heavy (non-hydrogen) atoms. The van der Waals surface area contributed by atoms with Crippen LogP contribution in [0.2, 0.25) is 0 Å². The van der Waals surface area contributed by atoms with Gasteiger partial charge in [-0.3, -0.25) is 4.99 Å². The summed E-state index contributed by atoms with van der Waals surface area (Å²) >= 11 is 1.85. The van der Waals surface area contributed by atoms with Gasteiger partial charge < -0.3 is 10.6 Å². The number of thioether (sulfide) groups is 1. The molecule has 0 radical (unpaired) electrons. The van der Waals surface area contributed by atoms with Crippen LogP contribution in [0.15, 0.2) is 4.99 Å². The van der Waals surface area contributed by atoms with Crippen LogP contribution in [-0.2, 0) is 19.4 Å². The summed E-state index contributed by atoms with van der Waals surface area (Å²) in [5, 5.41) is 11.5. The number of halogens is 1. The summed E-state index contributed by atoms with van der Waals surface area (Å²) in [5.74, 6) is 2.92. The average molecular weight is 452 g/mol. The van der Waals surface area contributed by atoms with Crippen LogP contribution in [0.4, 0.5) is 0 Å². The van der Waals surface area contributed by atoms with E-state index in [-0.39, 0.29) is 28.7 Å². The molecule has 0 fully saturated rings.